The topological polar surface area (TPSA) is 50.4 Å². The fraction of sp³-hybridized carbons (Fsp3) is 0.909. The van der Waals surface area contributed by atoms with Crippen molar-refractivity contribution in [3.05, 3.63) is 0 Å². The average Bonchev–Trinajstić information content (AvgIpc) is 2.85. The Morgan fingerprint density at radius 3 is 3.13 bits per heavy atom. The van der Waals surface area contributed by atoms with Crippen molar-refractivity contribution in [3.63, 3.8) is 0 Å². The van der Waals surface area contributed by atoms with Crippen LogP contribution in [-0.2, 0) is 9.53 Å². The van der Waals surface area contributed by atoms with Gasteiger partial charge in [-0.15, -0.1) is 0 Å². The number of hydrogen-bond acceptors (Lipinski definition) is 3. The minimum absolute atomic E-state index is 0.0379. The minimum Gasteiger partial charge on any atom is -0.381 e. The molecule has 2 heterocycles. The van der Waals surface area contributed by atoms with E-state index in [1.807, 2.05) is 0 Å². The lowest BCUT2D eigenvalue weighted by Crippen LogP contribution is -2.44. The second-order valence-corrected chi connectivity index (χ2v) is 4.98. The normalized spacial score (nSPS) is 35.7. The van der Waals surface area contributed by atoms with Gasteiger partial charge in [-0.2, -0.15) is 0 Å². The Labute approximate surface area is 90.8 Å². The van der Waals surface area contributed by atoms with Crippen LogP contribution in [0.3, 0.4) is 0 Å². The quantitative estimate of drug-likeness (QED) is 0.706. The Hall–Kier alpha value is -0.610. The van der Waals surface area contributed by atoms with E-state index in [4.69, 9.17) is 4.74 Å². The number of rotatable bonds is 3. The molecule has 2 aliphatic heterocycles. The molecule has 0 aromatic carbocycles. The first-order valence-corrected chi connectivity index (χ1v) is 5.78. The van der Waals surface area contributed by atoms with Crippen LogP contribution >= 0.6 is 0 Å². The van der Waals surface area contributed by atoms with Gasteiger partial charge in [0.25, 0.3) is 0 Å². The van der Waals surface area contributed by atoms with Gasteiger partial charge in [-0.05, 0) is 25.8 Å². The molecule has 2 fully saturated rings. The zero-order valence-electron chi connectivity index (χ0n) is 9.34. The number of ether oxygens (including phenoxy) is 1. The molecule has 2 rings (SSSR count). The highest BCUT2D eigenvalue weighted by molar-refractivity contribution is 5.82. The molecule has 0 aliphatic carbocycles. The van der Waals surface area contributed by atoms with E-state index < -0.39 is 0 Å². The zero-order chi connectivity index (χ0) is 10.7. The van der Waals surface area contributed by atoms with E-state index in [9.17, 15) is 4.79 Å². The zero-order valence-corrected chi connectivity index (χ0v) is 9.34. The molecular weight excluding hydrogens is 192 g/mol. The van der Waals surface area contributed by atoms with E-state index in [0.717, 1.165) is 45.6 Å². The summed E-state index contributed by atoms with van der Waals surface area (Å²) in [5, 5.41) is 6.23. The molecule has 0 spiro atoms. The molecule has 4 nitrogen and oxygen atoms in total. The van der Waals surface area contributed by atoms with E-state index in [1.54, 1.807) is 0 Å². The van der Waals surface area contributed by atoms with Crippen molar-refractivity contribution in [1.82, 2.24) is 10.6 Å². The summed E-state index contributed by atoms with van der Waals surface area (Å²) in [4.78, 5) is 11.7. The van der Waals surface area contributed by atoms with Crippen molar-refractivity contribution in [2.45, 2.75) is 32.2 Å². The van der Waals surface area contributed by atoms with E-state index >= 15 is 0 Å². The third kappa shape index (κ3) is 2.69. The molecule has 4 heteroatoms. The Morgan fingerprint density at radius 2 is 2.53 bits per heavy atom. The van der Waals surface area contributed by atoms with Crippen LogP contribution in [0.4, 0.5) is 0 Å². The number of hydrogen-bond donors (Lipinski definition) is 2. The van der Waals surface area contributed by atoms with Gasteiger partial charge in [0.1, 0.15) is 0 Å². The van der Waals surface area contributed by atoms with Gasteiger partial charge < -0.3 is 15.4 Å². The molecule has 2 aliphatic rings. The fourth-order valence-electron chi connectivity index (χ4n) is 2.18. The van der Waals surface area contributed by atoms with Gasteiger partial charge in [-0.25, -0.2) is 0 Å². The molecule has 0 bridgehead atoms. The lowest BCUT2D eigenvalue weighted by Gasteiger charge is -2.23. The molecule has 2 N–H and O–H groups in total. The van der Waals surface area contributed by atoms with Gasteiger partial charge in [0.15, 0.2) is 0 Å². The lowest BCUT2D eigenvalue weighted by molar-refractivity contribution is -0.123. The molecule has 2 saturated heterocycles. The van der Waals surface area contributed by atoms with Crippen LogP contribution < -0.4 is 10.6 Å². The van der Waals surface area contributed by atoms with Crippen molar-refractivity contribution < 1.29 is 9.53 Å². The number of nitrogens with one attached hydrogen (secondary N) is 2. The number of carbonyl (C=O) groups excluding carboxylic acids is 1. The van der Waals surface area contributed by atoms with Gasteiger partial charge >= 0.3 is 0 Å². The van der Waals surface area contributed by atoms with E-state index in [1.165, 1.54) is 0 Å². The van der Waals surface area contributed by atoms with Crippen LogP contribution in [0.2, 0.25) is 0 Å². The first kappa shape index (κ1) is 10.9. The maximum Gasteiger partial charge on any atom is 0.237 e. The maximum atomic E-state index is 11.7. The summed E-state index contributed by atoms with van der Waals surface area (Å²) in [5.74, 6) is 0.153. The Morgan fingerprint density at radius 1 is 1.67 bits per heavy atom. The smallest absolute Gasteiger partial charge is 0.237 e. The summed E-state index contributed by atoms with van der Waals surface area (Å²) in [6, 6.07) is 0.0379. The Kier molecular flexibility index (Phi) is 3.26. The van der Waals surface area contributed by atoms with Crippen LogP contribution in [0, 0.1) is 5.41 Å². The molecule has 0 radical (unpaired) electrons. The van der Waals surface area contributed by atoms with Crippen molar-refractivity contribution in [3.8, 4) is 0 Å². The van der Waals surface area contributed by atoms with E-state index in [-0.39, 0.29) is 17.4 Å². The molecule has 1 unspecified atom stereocenters. The third-order valence-corrected chi connectivity index (χ3v) is 3.37. The van der Waals surface area contributed by atoms with Gasteiger partial charge in [-0.1, -0.05) is 6.92 Å². The van der Waals surface area contributed by atoms with Gasteiger partial charge in [0.05, 0.1) is 12.6 Å². The largest absolute Gasteiger partial charge is 0.381 e. The highest BCUT2D eigenvalue weighted by Crippen LogP contribution is 2.26. The molecule has 86 valence electrons. The maximum absolute atomic E-state index is 11.7. The SMILES string of the molecule is CC1(CNC(=O)[C@@H]2CCCN2)CCOC1. The van der Waals surface area contributed by atoms with Crippen LogP contribution in [0.25, 0.3) is 0 Å². The standard InChI is InChI=1S/C11H20N2O2/c1-11(4-6-15-8-11)7-13-10(14)9-3-2-5-12-9/h9,12H,2-8H2,1H3,(H,13,14)/t9-,11?/m0/s1. The number of amides is 1. The summed E-state index contributed by atoms with van der Waals surface area (Å²) in [7, 11) is 0. The van der Waals surface area contributed by atoms with Gasteiger partial charge in [0.2, 0.25) is 5.91 Å². The molecule has 15 heavy (non-hydrogen) atoms. The third-order valence-electron chi connectivity index (χ3n) is 3.37. The van der Waals surface area contributed by atoms with Crippen LogP contribution in [0.15, 0.2) is 0 Å². The molecule has 2 atom stereocenters. The number of carbonyl (C=O) groups is 1. The van der Waals surface area contributed by atoms with E-state index in [2.05, 4.69) is 17.6 Å². The first-order chi connectivity index (χ1) is 7.20. The minimum atomic E-state index is 0.0379. The monoisotopic (exact) mass is 212 g/mol. The summed E-state index contributed by atoms with van der Waals surface area (Å²) in [6.07, 6.45) is 3.13. The van der Waals surface area contributed by atoms with Crippen LogP contribution in [0.5, 0.6) is 0 Å². The fourth-order valence-corrected chi connectivity index (χ4v) is 2.18. The predicted octanol–water partition coefficient (Wildman–Crippen LogP) is 0.281. The van der Waals surface area contributed by atoms with Gasteiger partial charge in [0, 0.05) is 18.6 Å². The lowest BCUT2D eigenvalue weighted by atomic mass is 9.90. The second kappa shape index (κ2) is 4.49. The van der Waals surface area contributed by atoms with Crippen LogP contribution in [-0.4, -0.2) is 38.3 Å². The van der Waals surface area contributed by atoms with Crippen LogP contribution in [0.1, 0.15) is 26.2 Å². The van der Waals surface area contributed by atoms with Gasteiger partial charge in [-0.3, -0.25) is 4.79 Å². The summed E-state index contributed by atoms with van der Waals surface area (Å²) in [5.41, 5.74) is 0.147. The first-order valence-electron chi connectivity index (χ1n) is 5.78. The average molecular weight is 212 g/mol. The summed E-state index contributed by atoms with van der Waals surface area (Å²) in [6.45, 7) is 5.48. The van der Waals surface area contributed by atoms with Crippen molar-refractivity contribution in [1.29, 1.82) is 0 Å². The second-order valence-electron chi connectivity index (χ2n) is 4.98. The summed E-state index contributed by atoms with van der Waals surface area (Å²) >= 11 is 0. The Bertz CT molecular complexity index is 231. The summed E-state index contributed by atoms with van der Waals surface area (Å²) < 4.78 is 5.35. The predicted molar refractivity (Wildman–Crippen MR) is 57.6 cm³/mol. The molecule has 0 aromatic heterocycles. The molecule has 0 saturated carbocycles. The Balaban J connectivity index is 1.74. The van der Waals surface area contributed by atoms with Crippen molar-refractivity contribution >= 4 is 5.91 Å². The highest BCUT2D eigenvalue weighted by Gasteiger charge is 2.31. The van der Waals surface area contributed by atoms with E-state index in [0.29, 0.717) is 0 Å². The van der Waals surface area contributed by atoms with Crippen molar-refractivity contribution in [2.24, 2.45) is 5.41 Å². The van der Waals surface area contributed by atoms with Crippen molar-refractivity contribution in [2.75, 3.05) is 26.3 Å². The highest BCUT2D eigenvalue weighted by atomic mass is 16.5. The molecule has 0 aromatic rings. The molecule has 1 amide bonds. The molecular formula is C11H20N2O2.